The number of aryl methyl sites for hydroxylation is 1. The van der Waals surface area contributed by atoms with Gasteiger partial charge in [-0.05, 0) is 56.5 Å². The molecule has 0 unspecified atom stereocenters. The van der Waals surface area contributed by atoms with E-state index < -0.39 is 15.8 Å². The lowest BCUT2D eigenvalue weighted by Crippen LogP contribution is -2.32. The van der Waals surface area contributed by atoms with E-state index in [-0.39, 0.29) is 17.0 Å². The Morgan fingerprint density at radius 1 is 1.21 bits per heavy atom. The molecule has 0 saturated heterocycles. The van der Waals surface area contributed by atoms with Crippen LogP contribution < -0.4 is 9.46 Å². The predicted molar refractivity (Wildman–Crippen MR) is 89.9 cm³/mol. The number of rotatable bonds is 4. The van der Waals surface area contributed by atoms with Gasteiger partial charge in [-0.25, -0.2) is 17.5 Å². The average molecular weight is 349 g/mol. The standard InChI is InChI=1S/C18H20FNO3S/c1-18(2)10-9-13-11-15(7-8-17(13)23-18)24(21,22)20-12-14-5-3-4-6-16(14)19/h3-8,11,20H,9-10,12H2,1-2H3. The van der Waals surface area contributed by atoms with Crippen molar-refractivity contribution in [3.8, 4) is 5.75 Å². The molecule has 1 N–H and O–H groups in total. The van der Waals surface area contributed by atoms with Gasteiger partial charge in [-0.3, -0.25) is 0 Å². The molecule has 4 nitrogen and oxygen atoms in total. The fourth-order valence-corrected chi connectivity index (χ4v) is 3.76. The van der Waals surface area contributed by atoms with Gasteiger partial charge < -0.3 is 4.74 Å². The van der Waals surface area contributed by atoms with Crippen molar-refractivity contribution in [2.45, 2.75) is 43.7 Å². The van der Waals surface area contributed by atoms with Crippen molar-refractivity contribution in [3.63, 3.8) is 0 Å². The van der Waals surface area contributed by atoms with Crippen LogP contribution in [-0.4, -0.2) is 14.0 Å². The van der Waals surface area contributed by atoms with E-state index in [0.717, 1.165) is 24.2 Å². The van der Waals surface area contributed by atoms with Crippen LogP contribution in [0.4, 0.5) is 4.39 Å². The van der Waals surface area contributed by atoms with Gasteiger partial charge >= 0.3 is 0 Å². The summed E-state index contributed by atoms with van der Waals surface area (Å²) in [6.45, 7) is 3.93. The van der Waals surface area contributed by atoms with Crippen molar-refractivity contribution in [2.24, 2.45) is 0 Å². The molecule has 0 amide bonds. The molecule has 1 aliphatic rings. The number of sulfonamides is 1. The van der Waals surface area contributed by atoms with E-state index in [4.69, 9.17) is 4.74 Å². The minimum Gasteiger partial charge on any atom is -0.488 e. The van der Waals surface area contributed by atoms with Gasteiger partial charge in [0.2, 0.25) is 10.0 Å². The van der Waals surface area contributed by atoms with Gasteiger partial charge in [-0.15, -0.1) is 0 Å². The second-order valence-corrected chi connectivity index (χ2v) is 8.31. The Balaban J connectivity index is 1.79. The Kier molecular flexibility index (Phi) is 4.36. The van der Waals surface area contributed by atoms with Gasteiger partial charge in [-0.1, -0.05) is 18.2 Å². The minimum atomic E-state index is -3.71. The third kappa shape index (κ3) is 3.60. The summed E-state index contributed by atoms with van der Waals surface area (Å²) in [6, 6.07) is 10.9. The molecule has 0 atom stereocenters. The first-order valence-corrected chi connectivity index (χ1v) is 9.30. The zero-order valence-corrected chi connectivity index (χ0v) is 14.5. The summed E-state index contributed by atoms with van der Waals surface area (Å²) in [5, 5.41) is 0. The van der Waals surface area contributed by atoms with Crippen molar-refractivity contribution in [2.75, 3.05) is 0 Å². The highest BCUT2D eigenvalue weighted by molar-refractivity contribution is 7.89. The maximum atomic E-state index is 13.6. The number of ether oxygens (including phenoxy) is 1. The third-order valence-electron chi connectivity index (χ3n) is 4.14. The highest BCUT2D eigenvalue weighted by Gasteiger charge is 2.27. The molecule has 0 saturated carbocycles. The minimum absolute atomic E-state index is 0.0877. The van der Waals surface area contributed by atoms with E-state index in [0.29, 0.717) is 5.56 Å². The van der Waals surface area contributed by atoms with Crippen LogP contribution in [0.15, 0.2) is 47.4 Å². The Bertz CT molecular complexity index is 862. The lowest BCUT2D eigenvalue weighted by Gasteiger charge is -2.32. The van der Waals surface area contributed by atoms with E-state index in [1.807, 2.05) is 13.8 Å². The van der Waals surface area contributed by atoms with Crippen LogP contribution in [0, 0.1) is 5.82 Å². The fourth-order valence-electron chi connectivity index (χ4n) is 2.70. The number of halogens is 1. The molecule has 1 heterocycles. The van der Waals surface area contributed by atoms with Crippen LogP contribution in [0.5, 0.6) is 5.75 Å². The Hall–Kier alpha value is -1.92. The number of hydrogen-bond donors (Lipinski definition) is 1. The molecule has 128 valence electrons. The number of nitrogens with one attached hydrogen (secondary N) is 1. The molecule has 1 aliphatic heterocycles. The van der Waals surface area contributed by atoms with E-state index in [2.05, 4.69) is 4.72 Å². The number of hydrogen-bond acceptors (Lipinski definition) is 3. The first-order valence-electron chi connectivity index (χ1n) is 7.82. The highest BCUT2D eigenvalue weighted by Crippen LogP contribution is 2.34. The second-order valence-electron chi connectivity index (χ2n) is 6.55. The molecule has 6 heteroatoms. The molecule has 24 heavy (non-hydrogen) atoms. The maximum absolute atomic E-state index is 13.6. The summed E-state index contributed by atoms with van der Waals surface area (Å²) in [5.74, 6) is 0.292. The zero-order chi connectivity index (χ0) is 17.4. The molecule has 2 aromatic rings. The van der Waals surface area contributed by atoms with Crippen LogP contribution in [0.2, 0.25) is 0 Å². The highest BCUT2D eigenvalue weighted by atomic mass is 32.2. The molecule has 0 bridgehead atoms. The van der Waals surface area contributed by atoms with Gasteiger partial charge in [0.1, 0.15) is 17.2 Å². The van der Waals surface area contributed by atoms with Crippen LogP contribution in [-0.2, 0) is 23.0 Å². The Morgan fingerprint density at radius 3 is 2.71 bits per heavy atom. The van der Waals surface area contributed by atoms with Crippen molar-refractivity contribution in [3.05, 3.63) is 59.4 Å². The number of fused-ring (bicyclic) bond motifs is 1. The normalized spacial score (nSPS) is 16.3. The zero-order valence-electron chi connectivity index (χ0n) is 13.7. The summed E-state index contributed by atoms with van der Waals surface area (Å²) >= 11 is 0. The molecule has 0 radical (unpaired) electrons. The molecule has 0 fully saturated rings. The smallest absolute Gasteiger partial charge is 0.240 e. The van der Waals surface area contributed by atoms with Crippen molar-refractivity contribution >= 4 is 10.0 Å². The van der Waals surface area contributed by atoms with Gasteiger partial charge in [0, 0.05) is 12.1 Å². The van der Waals surface area contributed by atoms with Crippen LogP contribution in [0.3, 0.4) is 0 Å². The van der Waals surface area contributed by atoms with Crippen molar-refractivity contribution in [1.82, 2.24) is 4.72 Å². The predicted octanol–water partition coefficient (Wildman–Crippen LogP) is 3.41. The second kappa shape index (κ2) is 6.18. The maximum Gasteiger partial charge on any atom is 0.240 e. The lowest BCUT2D eigenvalue weighted by atomic mass is 9.94. The monoisotopic (exact) mass is 349 g/mol. The SMILES string of the molecule is CC1(C)CCc2cc(S(=O)(=O)NCc3ccccc3F)ccc2O1. The van der Waals surface area contributed by atoms with E-state index in [1.165, 1.54) is 12.1 Å². The Morgan fingerprint density at radius 2 is 1.96 bits per heavy atom. The molecular formula is C18H20FNO3S. The first-order chi connectivity index (χ1) is 11.3. The average Bonchev–Trinajstić information content (AvgIpc) is 2.53. The topological polar surface area (TPSA) is 55.4 Å². The summed E-state index contributed by atoms with van der Waals surface area (Å²) in [4.78, 5) is 0.167. The molecule has 0 spiro atoms. The molecule has 3 rings (SSSR count). The van der Waals surface area contributed by atoms with Crippen molar-refractivity contribution < 1.29 is 17.5 Å². The first kappa shape index (κ1) is 16.9. The molecule has 0 aromatic heterocycles. The quantitative estimate of drug-likeness (QED) is 0.920. The summed E-state index contributed by atoms with van der Waals surface area (Å²) < 4.78 is 46.8. The lowest BCUT2D eigenvalue weighted by molar-refractivity contribution is 0.0845. The van der Waals surface area contributed by atoms with Crippen molar-refractivity contribution in [1.29, 1.82) is 0 Å². The summed E-state index contributed by atoms with van der Waals surface area (Å²) in [6.07, 6.45) is 1.59. The summed E-state index contributed by atoms with van der Waals surface area (Å²) in [5.41, 5.74) is 0.948. The van der Waals surface area contributed by atoms with Gasteiger partial charge in [0.25, 0.3) is 0 Å². The molecule has 2 aromatic carbocycles. The van der Waals surface area contributed by atoms with Crippen LogP contribution in [0.1, 0.15) is 31.4 Å². The third-order valence-corrected chi connectivity index (χ3v) is 5.53. The van der Waals surface area contributed by atoms with Crippen LogP contribution >= 0.6 is 0 Å². The van der Waals surface area contributed by atoms with Crippen LogP contribution in [0.25, 0.3) is 0 Å². The fraction of sp³-hybridized carbons (Fsp3) is 0.333. The van der Waals surface area contributed by atoms with Gasteiger partial charge in [0.15, 0.2) is 0 Å². The van der Waals surface area contributed by atoms with Gasteiger partial charge in [-0.2, -0.15) is 0 Å². The largest absolute Gasteiger partial charge is 0.488 e. The molecular weight excluding hydrogens is 329 g/mol. The van der Waals surface area contributed by atoms with E-state index in [1.54, 1.807) is 30.3 Å². The molecule has 0 aliphatic carbocycles. The van der Waals surface area contributed by atoms with Gasteiger partial charge in [0.05, 0.1) is 4.90 Å². The number of benzene rings is 2. The van der Waals surface area contributed by atoms with E-state index >= 15 is 0 Å². The summed E-state index contributed by atoms with van der Waals surface area (Å²) in [7, 11) is -3.71. The van der Waals surface area contributed by atoms with E-state index in [9.17, 15) is 12.8 Å². The Labute approximate surface area is 141 Å².